The Morgan fingerprint density at radius 2 is 0.531 bits per heavy atom. The maximum atomic E-state index is 8.58. The molecule has 0 unspecified atom stereocenters. The van der Waals surface area contributed by atoms with Crippen LogP contribution in [0, 0.1) is 0 Å². The lowest BCUT2D eigenvalue weighted by atomic mass is 9.81. The van der Waals surface area contributed by atoms with Crippen LogP contribution in [0.1, 0.15) is 47.6 Å². The first-order valence-electron chi connectivity index (χ1n) is 47.4. The first-order valence-corrected chi connectivity index (χ1v) is 51.3. The summed E-state index contributed by atoms with van der Waals surface area (Å²) in [7, 11) is 0.670. The largest absolute Gasteiger partial charge is 0.569 e. The molecule has 2 aliphatic rings. The van der Waals surface area contributed by atoms with Crippen LogP contribution in [0.2, 0.25) is 0 Å². The smallest absolute Gasteiger partial charge is 0.537 e. The summed E-state index contributed by atoms with van der Waals surface area (Å²) in [5.74, 6) is 0.905. The molecule has 2 aliphatic carbocycles. The highest BCUT2D eigenvalue weighted by Crippen LogP contribution is 2.53. The van der Waals surface area contributed by atoms with Crippen molar-refractivity contribution in [1.29, 1.82) is 0 Å². The Labute approximate surface area is 869 Å². The second kappa shape index (κ2) is 39.7. The molecule has 0 aliphatic heterocycles. The van der Waals surface area contributed by atoms with Crippen LogP contribution in [-0.4, -0.2) is 17.3 Å². The van der Waals surface area contributed by atoms with Gasteiger partial charge in [0.25, 0.3) is 0 Å². The Kier molecular flexibility index (Phi) is 25.5. The number of para-hydroxylation sites is 6. The van der Waals surface area contributed by atoms with E-state index in [1.165, 1.54) is 166 Å². The van der Waals surface area contributed by atoms with E-state index in [0.717, 1.165) is 88.6 Å². The summed E-state index contributed by atoms with van der Waals surface area (Å²) in [4.78, 5) is 0. The fourth-order valence-corrected chi connectivity index (χ4v) is 21.7. The second-order valence-corrected chi connectivity index (χ2v) is 40.8. The minimum atomic E-state index is -0.0170. The van der Waals surface area contributed by atoms with Crippen molar-refractivity contribution in [2.45, 2.75) is 25.2 Å². The molecule has 0 fully saturated rings. The van der Waals surface area contributed by atoms with Gasteiger partial charge >= 0.3 is 7.69 Å². The quantitative estimate of drug-likeness (QED) is 0.137. The topological polar surface area (TPSA) is 87.0 Å². The maximum absolute atomic E-state index is 8.58. The molecule has 0 saturated carbocycles. The summed E-state index contributed by atoms with van der Waals surface area (Å²) in [6, 6.07) is 166. The van der Waals surface area contributed by atoms with E-state index in [4.69, 9.17) is 27.3 Å². The number of hydrogen-bond acceptors (Lipinski definition) is 6. The van der Waals surface area contributed by atoms with Crippen LogP contribution in [0.25, 0.3) is 204 Å². The normalized spacial score (nSPS) is 12.1. The molecular formula is C130H86BBr5NO6. The fourth-order valence-electron chi connectivity index (χ4n) is 20.3. The Bertz CT molecular complexity index is 9200. The zero-order valence-corrected chi connectivity index (χ0v) is 85.4. The van der Waals surface area contributed by atoms with Gasteiger partial charge in [-0.3, -0.25) is 0 Å². The number of benzene rings is 21. The minimum absolute atomic E-state index is 0.0170. The molecule has 26 aromatic rings. The highest BCUT2D eigenvalue weighted by molar-refractivity contribution is 9.11. The molecule has 13 heteroatoms. The molecular weight excluding hydrogens is 2080 g/mol. The SMILES string of the molecule is Brc1ccc(-c2ccc(-c3ccc4oc5ccccc5c4c3)cc2)cc1.Brc1ccc(-c2ccc(C3c4ccccc4-c4ccccc43)cc2)cc1.Brc1ccc(-c2ccc3c(c2)c2ccccc2n3-c2ccccc2)cc1.Brc1ccc(-c2ccc3oc4ccccc4c3c2)cc1.CC1(C)c2cc(Br)ccc2-c2ccc(-c3ccc4oc5ccccc5c4c3)cc21.O[B]Oc1ccc2oc3ccccc3c2c1. The predicted octanol–water partition coefficient (Wildman–Crippen LogP) is 39.0. The zero-order chi connectivity index (χ0) is 96.8. The highest BCUT2D eigenvalue weighted by Gasteiger charge is 2.36. The second-order valence-electron chi connectivity index (χ2n) is 36.2. The van der Waals surface area contributed by atoms with Gasteiger partial charge in [0.1, 0.15) is 50.4 Å². The monoisotopic (exact) mass is 2160 g/mol. The van der Waals surface area contributed by atoms with Crippen molar-refractivity contribution in [3.8, 4) is 100 Å². The molecule has 0 atom stereocenters. The number of furan rings is 4. The van der Waals surface area contributed by atoms with Crippen LogP contribution < -0.4 is 4.65 Å². The van der Waals surface area contributed by atoms with Gasteiger partial charge in [-0.15, -0.1) is 0 Å². The maximum Gasteiger partial charge on any atom is 0.569 e. The number of hydrogen-bond donors (Lipinski definition) is 1. The summed E-state index contributed by atoms with van der Waals surface area (Å²) in [5, 5.41) is 20.2. The lowest BCUT2D eigenvalue weighted by Gasteiger charge is -2.22. The van der Waals surface area contributed by atoms with Crippen molar-refractivity contribution in [1.82, 2.24) is 4.57 Å². The summed E-state index contributed by atoms with van der Waals surface area (Å²) in [6.45, 7) is 4.64. The molecule has 28 rings (SSSR count). The molecule has 1 radical (unpaired) electrons. The first kappa shape index (κ1) is 91.6. The van der Waals surface area contributed by atoms with Crippen molar-refractivity contribution < 1.29 is 27.3 Å². The van der Waals surface area contributed by atoms with Crippen molar-refractivity contribution in [2.24, 2.45) is 0 Å². The third-order valence-electron chi connectivity index (χ3n) is 27.3. The summed E-state index contributed by atoms with van der Waals surface area (Å²) < 4.78 is 36.2. The number of nitrogens with zero attached hydrogens (tertiary/aromatic N) is 1. The van der Waals surface area contributed by atoms with Crippen LogP contribution in [0.15, 0.2) is 513 Å². The molecule has 0 amide bonds. The molecule has 5 aromatic heterocycles. The Morgan fingerprint density at radius 1 is 0.238 bits per heavy atom. The molecule has 0 saturated heterocycles. The molecule has 5 heterocycles. The minimum Gasteiger partial charge on any atom is -0.537 e. The summed E-state index contributed by atoms with van der Waals surface area (Å²) in [5.41, 5.74) is 38.0. The van der Waals surface area contributed by atoms with E-state index in [1.807, 2.05) is 84.9 Å². The Balaban J connectivity index is 0.0000000960. The molecule has 21 aromatic carbocycles. The van der Waals surface area contributed by atoms with Gasteiger partial charge in [0.15, 0.2) is 0 Å². The third-order valence-corrected chi connectivity index (χ3v) is 29.9. The van der Waals surface area contributed by atoms with Crippen LogP contribution in [0.4, 0.5) is 0 Å². The zero-order valence-electron chi connectivity index (χ0n) is 77.5. The average molecular weight is 2170 g/mol. The number of aromatic nitrogens is 1. The van der Waals surface area contributed by atoms with E-state index < -0.39 is 0 Å². The van der Waals surface area contributed by atoms with Gasteiger partial charge in [0.05, 0.1) is 11.0 Å². The van der Waals surface area contributed by atoms with Gasteiger partial charge in [0, 0.05) is 93.2 Å². The molecule has 143 heavy (non-hydrogen) atoms. The van der Waals surface area contributed by atoms with Gasteiger partial charge in [-0.25, -0.2) is 0 Å². The molecule has 0 spiro atoms. The summed E-state index contributed by atoms with van der Waals surface area (Å²) >= 11 is 17.6. The van der Waals surface area contributed by atoms with E-state index >= 15 is 0 Å². The van der Waals surface area contributed by atoms with E-state index in [-0.39, 0.29) is 5.41 Å². The third kappa shape index (κ3) is 18.4. The van der Waals surface area contributed by atoms with Crippen LogP contribution in [-0.2, 0) is 5.41 Å². The predicted molar refractivity (Wildman–Crippen MR) is 612 cm³/mol. The van der Waals surface area contributed by atoms with Gasteiger partial charge in [-0.2, -0.15) is 0 Å². The molecule has 685 valence electrons. The van der Waals surface area contributed by atoms with Gasteiger partial charge in [-0.1, -0.05) is 391 Å². The van der Waals surface area contributed by atoms with Gasteiger partial charge in [-0.05, 0) is 293 Å². The van der Waals surface area contributed by atoms with Crippen molar-refractivity contribution in [3.63, 3.8) is 0 Å². The Hall–Kier alpha value is -15.2. The number of halogens is 5. The number of fused-ring (bicyclic) bond motifs is 21. The van der Waals surface area contributed by atoms with Gasteiger partial charge < -0.3 is 31.9 Å². The standard InChI is InChI=1S/C27H19BrO.C25H17Br.C24H16BrN.C24H15BrO.C18H11BrO.C12H8BO3/c1-27(2)23-14-17(7-10-19(23)20-11-9-18(28)15-24(20)27)16-8-12-26-22(13-16)21-5-3-4-6-25(21)29-26;26-20-15-13-18(14-16-20)17-9-11-19(12-10-17)25-23-7-3-1-5-21(23)22-6-2-4-8-24(22)25;25-19-13-10-17(11-14-19)18-12-15-24-22(16-18)21-8-4-5-9-23(21)26(24)20-6-2-1-3-7-20;25-20-12-9-17(10-13-20)16-5-7-18(8-6-16)19-11-14-24-22(15-19)21-3-1-2-4-23(21)26-24;19-14-8-5-12(6-9-14)13-7-10-18-16(11-13)15-3-1-2-4-17(15)20-18;14-13-16-8-5-6-12-10(7-8)9-3-1-2-4-11(9)15-12/h3-15H,1-2H3;1-16,25H;1-16H;1-15H;1-11H;1-7,14H. The average Bonchev–Trinajstić information content (AvgIpc) is 1.57. The Morgan fingerprint density at radius 3 is 0.972 bits per heavy atom. The van der Waals surface area contributed by atoms with E-state index in [0.29, 0.717) is 19.4 Å². The van der Waals surface area contributed by atoms with Crippen molar-refractivity contribution in [2.75, 3.05) is 0 Å². The highest BCUT2D eigenvalue weighted by atomic mass is 79.9. The molecule has 0 bridgehead atoms. The van der Waals surface area contributed by atoms with Crippen molar-refractivity contribution in [3.05, 3.63) is 523 Å². The fraction of sp³-hybridized carbons (Fsp3) is 0.0308. The lowest BCUT2D eigenvalue weighted by Crippen LogP contribution is -2.15. The van der Waals surface area contributed by atoms with Crippen LogP contribution in [0.3, 0.4) is 0 Å². The first-order chi connectivity index (χ1) is 70.1. The lowest BCUT2D eigenvalue weighted by molar-refractivity contribution is 0.454. The molecule has 1 N–H and O–H groups in total. The van der Waals surface area contributed by atoms with E-state index in [9.17, 15) is 0 Å². The van der Waals surface area contributed by atoms with Gasteiger partial charge in [0.2, 0.25) is 0 Å². The summed E-state index contributed by atoms with van der Waals surface area (Å²) in [6.07, 6.45) is 0. The van der Waals surface area contributed by atoms with Crippen LogP contribution in [0.5, 0.6) is 5.75 Å². The van der Waals surface area contributed by atoms with Crippen molar-refractivity contribution >= 4 is 197 Å². The van der Waals surface area contributed by atoms with E-state index in [2.05, 4.69) is 480 Å². The molecule has 7 nitrogen and oxygen atoms in total. The number of rotatable bonds is 10. The van der Waals surface area contributed by atoms with Crippen LogP contribution >= 0.6 is 79.6 Å². The van der Waals surface area contributed by atoms with E-state index in [1.54, 1.807) is 6.07 Å².